The molecule has 0 unspecified atom stereocenters. The van der Waals surface area contributed by atoms with E-state index in [2.05, 4.69) is 5.32 Å². The summed E-state index contributed by atoms with van der Waals surface area (Å²) in [7, 11) is -2.70. The molecule has 8 nitrogen and oxygen atoms in total. The van der Waals surface area contributed by atoms with Crippen LogP contribution >= 0.6 is 0 Å². The Hall–Kier alpha value is -3.09. The zero-order chi connectivity index (χ0) is 19.3. The predicted molar refractivity (Wildman–Crippen MR) is 94.2 cm³/mol. The Labute approximate surface area is 151 Å². The fourth-order valence-electron chi connectivity index (χ4n) is 2.09. The summed E-state index contributed by atoms with van der Waals surface area (Å²) in [5.41, 5.74) is 0.707. The normalized spacial score (nSPS) is 11.9. The van der Waals surface area contributed by atoms with Crippen molar-refractivity contribution in [2.24, 2.45) is 5.14 Å². The number of rotatable bonds is 6. The van der Waals surface area contributed by atoms with Gasteiger partial charge in [-0.2, -0.15) is 5.26 Å². The fourth-order valence-corrected chi connectivity index (χ4v) is 2.81. The van der Waals surface area contributed by atoms with E-state index in [9.17, 15) is 13.2 Å². The number of carbonyl (C=O) groups is 1. The molecule has 1 atom stereocenters. The zero-order valence-corrected chi connectivity index (χ0v) is 14.9. The molecule has 0 saturated heterocycles. The Balaban J connectivity index is 2.12. The van der Waals surface area contributed by atoms with Crippen molar-refractivity contribution in [1.82, 2.24) is 0 Å². The lowest BCUT2D eigenvalue weighted by molar-refractivity contribution is -0.122. The van der Waals surface area contributed by atoms with Crippen LogP contribution in [-0.2, 0) is 14.8 Å². The van der Waals surface area contributed by atoms with E-state index < -0.39 is 22.0 Å². The Morgan fingerprint density at radius 2 is 1.88 bits per heavy atom. The van der Waals surface area contributed by atoms with Gasteiger partial charge < -0.3 is 14.8 Å². The molecule has 0 heterocycles. The maximum atomic E-state index is 12.3. The van der Waals surface area contributed by atoms with Crippen molar-refractivity contribution >= 4 is 21.6 Å². The number of primary sulfonamides is 1. The first kappa shape index (κ1) is 19.2. The molecule has 0 spiro atoms. The number of carbonyl (C=O) groups excluding carboxylic acids is 1. The molecule has 3 N–H and O–H groups in total. The smallest absolute Gasteiger partial charge is 0.265 e. The van der Waals surface area contributed by atoms with Crippen LogP contribution < -0.4 is 19.9 Å². The molecular weight excluding hydrogens is 358 g/mol. The number of hydrogen-bond acceptors (Lipinski definition) is 6. The van der Waals surface area contributed by atoms with E-state index in [-0.39, 0.29) is 16.3 Å². The van der Waals surface area contributed by atoms with Crippen molar-refractivity contribution in [3.05, 3.63) is 48.0 Å². The topological polar surface area (TPSA) is 132 Å². The van der Waals surface area contributed by atoms with Crippen LogP contribution in [0.2, 0.25) is 0 Å². The molecular formula is C17H17N3O5S. The van der Waals surface area contributed by atoms with E-state index in [0.29, 0.717) is 11.3 Å². The van der Waals surface area contributed by atoms with Crippen LogP contribution in [0.4, 0.5) is 5.69 Å². The lowest BCUT2D eigenvalue weighted by Crippen LogP contribution is -2.30. The van der Waals surface area contributed by atoms with Crippen LogP contribution in [0.1, 0.15) is 12.5 Å². The van der Waals surface area contributed by atoms with Crippen LogP contribution in [0.25, 0.3) is 0 Å². The minimum atomic E-state index is -4.01. The lowest BCUT2D eigenvalue weighted by atomic mass is 10.2. The van der Waals surface area contributed by atoms with E-state index in [4.69, 9.17) is 19.9 Å². The molecule has 0 aliphatic carbocycles. The van der Waals surface area contributed by atoms with E-state index in [1.54, 1.807) is 24.3 Å². The quantitative estimate of drug-likeness (QED) is 0.788. The Morgan fingerprint density at radius 3 is 2.42 bits per heavy atom. The number of ether oxygens (including phenoxy) is 2. The number of nitrogens with two attached hydrogens (primary N) is 1. The Morgan fingerprint density at radius 1 is 1.23 bits per heavy atom. The van der Waals surface area contributed by atoms with E-state index in [1.807, 2.05) is 6.07 Å². The number of anilines is 1. The van der Waals surface area contributed by atoms with Gasteiger partial charge in [0.2, 0.25) is 10.0 Å². The average Bonchev–Trinajstić information content (AvgIpc) is 2.61. The van der Waals surface area contributed by atoms with Crippen LogP contribution in [0.15, 0.2) is 47.4 Å². The molecule has 9 heteroatoms. The molecule has 2 aromatic carbocycles. The van der Waals surface area contributed by atoms with Gasteiger partial charge in [-0.1, -0.05) is 0 Å². The molecule has 0 fully saturated rings. The molecule has 0 aliphatic heterocycles. The fraction of sp³-hybridized carbons (Fsp3) is 0.176. The molecule has 0 radical (unpaired) electrons. The standard InChI is InChI=1S/C17H17N3O5S/c1-11(25-14-6-3-12(10-18)4-7-14)17(21)20-13-5-8-15(24-2)16(9-13)26(19,22)23/h3-9,11H,1-2H3,(H,20,21)(H2,19,22,23)/t11-/m1/s1. The summed E-state index contributed by atoms with van der Waals surface area (Å²) in [4.78, 5) is 12.0. The second-order valence-electron chi connectivity index (χ2n) is 5.30. The first-order valence-electron chi connectivity index (χ1n) is 7.43. The monoisotopic (exact) mass is 375 g/mol. The third-order valence-electron chi connectivity index (χ3n) is 3.40. The summed E-state index contributed by atoms with van der Waals surface area (Å²) in [6.07, 6.45) is -0.858. The summed E-state index contributed by atoms with van der Waals surface area (Å²) in [6.45, 7) is 1.54. The molecule has 26 heavy (non-hydrogen) atoms. The number of nitrogens with zero attached hydrogens (tertiary/aromatic N) is 1. The summed E-state index contributed by atoms with van der Waals surface area (Å²) < 4.78 is 33.7. The zero-order valence-electron chi connectivity index (χ0n) is 14.1. The summed E-state index contributed by atoms with van der Waals surface area (Å²) in [6, 6.07) is 12.4. The van der Waals surface area contributed by atoms with Crippen molar-refractivity contribution in [1.29, 1.82) is 5.26 Å². The van der Waals surface area contributed by atoms with Crippen LogP contribution in [-0.4, -0.2) is 27.5 Å². The lowest BCUT2D eigenvalue weighted by Gasteiger charge is -2.15. The molecule has 2 aromatic rings. The molecule has 1 amide bonds. The van der Waals surface area contributed by atoms with Crippen LogP contribution in [0.5, 0.6) is 11.5 Å². The van der Waals surface area contributed by atoms with Gasteiger partial charge in [0, 0.05) is 5.69 Å². The van der Waals surface area contributed by atoms with Gasteiger partial charge in [-0.05, 0) is 49.4 Å². The van der Waals surface area contributed by atoms with Crippen molar-refractivity contribution in [3.63, 3.8) is 0 Å². The average molecular weight is 375 g/mol. The third kappa shape index (κ3) is 4.72. The number of sulfonamides is 1. The van der Waals surface area contributed by atoms with Crippen molar-refractivity contribution in [3.8, 4) is 17.6 Å². The van der Waals surface area contributed by atoms with Gasteiger partial charge in [0.25, 0.3) is 5.91 Å². The minimum Gasteiger partial charge on any atom is -0.495 e. The van der Waals surface area contributed by atoms with Crippen LogP contribution in [0, 0.1) is 11.3 Å². The number of amides is 1. The Kier molecular flexibility index (Phi) is 5.82. The molecule has 2 rings (SSSR count). The molecule has 0 bridgehead atoms. The number of nitrogens with one attached hydrogen (secondary N) is 1. The van der Waals surface area contributed by atoms with Gasteiger partial charge in [-0.15, -0.1) is 0 Å². The van der Waals surface area contributed by atoms with Gasteiger partial charge >= 0.3 is 0 Å². The third-order valence-corrected chi connectivity index (χ3v) is 4.34. The molecule has 0 saturated carbocycles. The number of hydrogen-bond donors (Lipinski definition) is 2. The van der Waals surface area contributed by atoms with Gasteiger partial charge in [0.1, 0.15) is 16.4 Å². The van der Waals surface area contributed by atoms with E-state index in [0.717, 1.165) is 0 Å². The number of benzene rings is 2. The molecule has 0 aromatic heterocycles. The highest BCUT2D eigenvalue weighted by molar-refractivity contribution is 7.89. The summed E-state index contributed by atoms with van der Waals surface area (Å²) in [5, 5.41) is 16.5. The van der Waals surface area contributed by atoms with Gasteiger partial charge in [-0.3, -0.25) is 4.79 Å². The molecule has 136 valence electrons. The highest BCUT2D eigenvalue weighted by Gasteiger charge is 2.19. The van der Waals surface area contributed by atoms with Crippen molar-refractivity contribution in [2.45, 2.75) is 17.9 Å². The minimum absolute atomic E-state index is 0.0763. The maximum Gasteiger partial charge on any atom is 0.265 e. The number of methoxy groups -OCH3 is 1. The second-order valence-corrected chi connectivity index (χ2v) is 6.83. The highest BCUT2D eigenvalue weighted by Crippen LogP contribution is 2.26. The SMILES string of the molecule is COc1ccc(NC(=O)[C@@H](C)Oc2ccc(C#N)cc2)cc1S(N)(=O)=O. The van der Waals surface area contributed by atoms with Gasteiger partial charge in [0.15, 0.2) is 6.10 Å². The van der Waals surface area contributed by atoms with E-state index in [1.165, 1.54) is 32.2 Å². The summed E-state index contributed by atoms with van der Waals surface area (Å²) >= 11 is 0. The van der Waals surface area contributed by atoms with Crippen LogP contribution in [0.3, 0.4) is 0 Å². The number of nitriles is 1. The first-order valence-corrected chi connectivity index (χ1v) is 8.97. The van der Waals surface area contributed by atoms with Gasteiger partial charge in [-0.25, -0.2) is 13.6 Å². The van der Waals surface area contributed by atoms with Gasteiger partial charge in [0.05, 0.1) is 18.7 Å². The van der Waals surface area contributed by atoms with Crippen molar-refractivity contribution < 1.29 is 22.7 Å². The largest absolute Gasteiger partial charge is 0.495 e. The molecule has 0 aliphatic rings. The second kappa shape index (κ2) is 7.86. The van der Waals surface area contributed by atoms with Crippen molar-refractivity contribution in [2.75, 3.05) is 12.4 Å². The maximum absolute atomic E-state index is 12.3. The Bertz CT molecular complexity index is 949. The first-order chi connectivity index (χ1) is 12.2. The highest BCUT2D eigenvalue weighted by atomic mass is 32.2. The predicted octanol–water partition coefficient (Wildman–Crippen LogP) is 1.62. The van der Waals surface area contributed by atoms with E-state index >= 15 is 0 Å². The summed E-state index contributed by atoms with van der Waals surface area (Å²) in [5.74, 6) is 0.0129.